The number of amides is 1. The van der Waals surface area contributed by atoms with Crippen molar-refractivity contribution in [3.8, 4) is 0 Å². The van der Waals surface area contributed by atoms with Crippen LogP contribution in [0.5, 0.6) is 0 Å². The van der Waals surface area contributed by atoms with Gasteiger partial charge in [0.15, 0.2) is 0 Å². The Morgan fingerprint density at radius 1 is 1.12 bits per heavy atom. The maximum Gasteiger partial charge on any atom is 0.349 e. The molecule has 2 heterocycles. The number of nitrogens with one attached hydrogen (secondary N) is 1. The molecule has 0 fully saturated rings. The molecular formula is C22H14Cl3N3O4. The zero-order valence-electron chi connectivity index (χ0n) is 16.2. The highest BCUT2D eigenvalue weighted by atomic mass is 35.5. The predicted octanol–water partition coefficient (Wildman–Crippen LogP) is 4.71. The van der Waals surface area contributed by atoms with Crippen LogP contribution >= 0.6 is 34.8 Å². The first kappa shape index (κ1) is 22.1. The quantitative estimate of drug-likeness (QED) is 0.516. The molecule has 162 valence electrons. The highest BCUT2D eigenvalue weighted by Crippen LogP contribution is 2.30. The second-order valence-electron chi connectivity index (χ2n) is 6.95. The summed E-state index contributed by atoms with van der Waals surface area (Å²) in [7, 11) is 0. The van der Waals surface area contributed by atoms with E-state index in [9.17, 15) is 14.4 Å². The third kappa shape index (κ3) is 4.14. The average Bonchev–Trinajstić information content (AvgIpc) is 3.17. The Hall–Kier alpha value is -3.13. The van der Waals surface area contributed by atoms with Crippen molar-refractivity contribution >= 4 is 74.9 Å². The van der Waals surface area contributed by atoms with Gasteiger partial charge in [0.25, 0.3) is 11.5 Å². The summed E-state index contributed by atoms with van der Waals surface area (Å²) in [6.45, 7) is 0.500. The number of nitrogens with zero attached hydrogens (tertiary/aromatic N) is 2. The van der Waals surface area contributed by atoms with Crippen molar-refractivity contribution in [1.29, 1.82) is 0 Å². The van der Waals surface area contributed by atoms with Crippen molar-refractivity contribution < 1.29 is 14.7 Å². The minimum absolute atomic E-state index is 0.197. The third-order valence-corrected chi connectivity index (χ3v) is 6.07. The van der Waals surface area contributed by atoms with Crippen molar-refractivity contribution in [2.24, 2.45) is 0 Å². The van der Waals surface area contributed by atoms with E-state index in [0.29, 0.717) is 34.7 Å². The van der Waals surface area contributed by atoms with E-state index < -0.39 is 21.9 Å². The number of anilines is 1. The summed E-state index contributed by atoms with van der Waals surface area (Å²) < 4.78 is 1.61. The van der Waals surface area contributed by atoms with E-state index in [-0.39, 0.29) is 11.2 Å². The largest absolute Gasteiger partial charge is 0.477 e. The topological polar surface area (TPSA) is 101 Å². The van der Waals surface area contributed by atoms with E-state index in [1.54, 1.807) is 16.7 Å². The van der Waals surface area contributed by atoms with Gasteiger partial charge in [0.2, 0.25) is 0 Å². The van der Waals surface area contributed by atoms with Crippen molar-refractivity contribution in [1.82, 2.24) is 9.55 Å². The summed E-state index contributed by atoms with van der Waals surface area (Å²) in [5.74, 6) is -1.89. The molecule has 2 aromatic carbocycles. The molecule has 10 heteroatoms. The molecule has 3 aromatic rings. The molecule has 1 aromatic heterocycles. The summed E-state index contributed by atoms with van der Waals surface area (Å²) in [6.07, 6.45) is 2.53. The van der Waals surface area contributed by atoms with Crippen LogP contribution in [0, 0.1) is 0 Å². The van der Waals surface area contributed by atoms with E-state index >= 15 is 0 Å². The molecule has 4 rings (SSSR count). The first-order valence-electron chi connectivity index (χ1n) is 9.36. The molecule has 0 aliphatic carbocycles. The van der Waals surface area contributed by atoms with Crippen LogP contribution in [-0.4, -0.2) is 26.5 Å². The number of aliphatic carboxylic acids is 1. The Morgan fingerprint density at radius 2 is 1.88 bits per heavy atom. The zero-order chi connectivity index (χ0) is 23.0. The summed E-state index contributed by atoms with van der Waals surface area (Å²) in [5.41, 5.74) is 2.14. The number of hydrogen-bond donors (Lipinski definition) is 2. The van der Waals surface area contributed by atoms with Crippen molar-refractivity contribution in [2.45, 2.75) is 13.0 Å². The van der Waals surface area contributed by atoms with Gasteiger partial charge in [0, 0.05) is 17.3 Å². The molecule has 0 saturated heterocycles. The highest BCUT2D eigenvalue weighted by Gasteiger charge is 2.22. The van der Waals surface area contributed by atoms with Crippen LogP contribution in [0.2, 0.25) is 5.02 Å². The summed E-state index contributed by atoms with van der Waals surface area (Å²) in [6, 6.07) is 11.9. The Bertz CT molecular complexity index is 1410. The fourth-order valence-corrected chi connectivity index (χ4v) is 3.80. The van der Waals surface area contributed by atoms with E-state index in [2.05, 4.69) is 10.3 Å². The van der Waals surface area contributed by atoms with Crippen molar-refractivity contribution in [3.05, 3.63) is 79.3 Å². The fraction of sp³-hybridized carbons (Fsp3) is 0.0909. The van der Waals surface area contributed by atoms with Crippen LogP contribution in [0.3, 0.4) is 0 Å². The average molecular weight is 491 g/mol. The Balaban J connectivity index is 1.74. The van der Waals surface area contributed by atoms with Crippen molar-refractivity contribution in [2.75, 3.05) is 5.32 Å². The number of carbonyl (C=O) groups excluding carboxylic acids is 1. The van der Waals surface area contributed by atoms with Gasteiger partial charge in [0.05, 0.1) is 10.9 Å². The van der Waals surface area contributed by atoms with Gasteiger partial charge in [-0.05, 0) is 47.9 Å². The van der Waals surface area contributed by atoms with Gasteiger partial charge in [0.1, 0.15) is 15.9 Å². The van der Waals surface area contributed by atoms with Crippen LogP contribution in [0.15, 0.2) is 57.3 Å². The SMILES string of the molecule is O=C(O)C(Cl)=C(Cl)C(=O)Nc1ccc2c(=O)n3c(nc2c1)C(=Cc1ccccc1Cl)CC3. The molecule has 0 saturated carbocycles. The minimum atomic E-state index is -1.52. The van der Waals surface area contributed by atoms with E-state index in [1.165, 1.54) is 12.1 Å². The smallest absolute Gasteiger partial charge is 0.349 e. The lowest BCUT2D eigenvalue weighted by Gasteiger charge is -2.09. The van der Waals surface area contributed by atoms with Gasteiger partial charge < -0.3 is 10.4 Å². The number of fused-ring (bicyclic) bond motifs is 2. The second kappa shape index (κ2) is 8.78. The van der Waals surface area contributed by atoms with Gasteiger partial charge in [-0.1, -0.05) is 53.0 Å². The number of hydrogen-bond acceptors (Lipinski definition) is 4. The number of carboxylic acids is 1. The monoisotopic (exact) mass is 489 g/mol. The van der Waals surface area contributed by atoms with Gasteiger partial charge in [-0.25, -0.2) is 9.78 Å². The molecule has 1 aliphatic heterocycles. The number of benzene rings is 2. The molecule has 0 bridgehead atoms. The second-order valence-corrected chi connectivity index (χ2v) is 8.12. The Labute approximate surface area is 196 Å². The lowest BCUT2D eigenvalue weighted by Crippen LogP contribution is -2.21. The molecular weight excluding hydrogens is 477 g/mol. The first-order valence-corrected chi connectivity index (χ1v) is 10.5. The van der Waals surface area contributed by atoms with Gasteiger partial charge in [-0.15, -0.1) is 0 Å². The fourth-order valence-electron chi connectivity index (χ4n) is 3.39. The van der Waals surface area contributed by atoms with Gasteiger partial charge in [-0.2, -0.15) is 0 Å². The molecule has 32 heavy (non-hydrogen) atoms. The summed E-state index contributed by atoms with van der Waals surface area (Å²) >= 11 is 17.5. The van der Waals surface area contributed by atoms with Crippen LogP contribution in [0.1, 0.15) is 17.8 Å². The normalized spacial score (nSPS) is 14.9. The molecule has 7 nitrogen and oxygen atoms in total. The number of carbonyl (C=O) groups is 2. The van der Waals surface area contributed by atoms with Gasteiger partial charge >= 0.3 is 5.97 Å². The lowest BCUT2D eigenvalue weighted by atomic mass is 10.1. The number of halogens is 3. The maximum atomic E-state index is 13.0. The molecule has 0 unspecified atom stereocenters. The van der Waals surface area contributed by atoms with E-state index in [4.69, 9.17) is 39.9 Å². The van der Waals surface area contributed by atoms with Crippen LogP contribution < -0.4 is 10.9 Å². The standard InChI is InChI=1S/C22H14Cl3N3O4/c23-15-4-2-1-3-11(15)9-12-7-8-28-19(12)27-16-10-13(5-6-14(16)21(28)30)26-20(29)17(24)18(25)22(31)32/h1-6,9-10H,7-8H2,(H,26,29)(H,31,32). The van der Waals surface area contributed by atoms with Gasteiger partial charge in [-0.3, -0.25) is 14.2 Å². The van der Waals surface area contributed by atoms with E-state index in [1.807, 2.05) is 24.3 Å². The number of allylic oxidation sites excluding steroid dienone is 1. The van der Waals surface area contributed by atoms with Crippen LogP contribution in [0.4, 0.5) is 5.69 Å². The van der Waals surface area contributed by atoms with Crippen LogP contribution in [0.25, 0.3) is 22.6 Å². The molecule has 2 N–H and O–H groups in total. The highest BCUT2D eigenvalue weighted by molar-refractivity contribution is 6.54. The molecule has 0 spiro atoms. The van der Waals surface area contributed by atoms with E-state index in [0.717, 1.165) is 11.1 Å². The molecule has 1 amide bonds. The number of carboxylic acid groups (broad SMARTS) is 1. The van der Waals surface area contributed by atoms with Crippen LogP contribution in [-0.2, 0) is 16.1 Å². The molecule has 1 aliphatic rings. The Kier molecular flexibility index (Phi) is 6.06. The third-order valence-electron chi connectivity index (χ3n) is 4.92. The first-order chi connectivity index (χ1) is 15.3. The zero-order valence-corrected chi connectivity index (χ0v) is 18.5. The molecule has 0 atom stereocenters. The minimum Gasteiger partial charge on any atom is -0.477 e. The predicted molar refractivity (Wildman–Crippen MR) is 125 cm³/mol. The molecule has 0 radical (unpaired) electrons. The number of rotatable bonds is 4. The lowest BCUT2D eigenvalue weighted by molar-refractivity contribution is -0.132. The Morgan fingerprint density at radius 3 is 2.59 bits per heavy atom. The summed E-state index contributed by atoms with van der Waals surface area (Å²) in [5, 5.41) is 10.8. The maximum absolute atomic E-state index is 13.0. The number of aromatic nitrogens is 2. The van der Waals surface area contributed by atoms with Crippen molar-refractivity contribution in [3.63, 3.8) is 0 Å². The summed E-state index contributed by atoms with van der Waals surface area (Å²) in [4.78, 5) is 40.7.